The fourth-order valence-electron chi connectivity index (χ4n) is 1.28. The van der Waals surface area contributed by atoms with Crippen molar-refractivity contribution in [2.45, 2.75) is 0 Å². The summed E-state index contributed by atoms with van der Waals surface area (Å²) in [4.78, 5) is 14.3. The van der Waals surface area contributed by atoms with E-state index in [4.69, 9.17) is 20.1 Å². The summed E-state index contributed by atoms with van der Waals surface area (Å²) < 4.78 is 9.79. The monoisotopic (exact) mass is 235 g/mol. The molecular weight excluding hydrogens is 226 g/mol. The molecule has 2 aromatic rings. The van der Waals surface area contributed by atoms with Crippen molar-refractivity contribution in [3.8, 4) is 17.2 Å². The molecule has 0 unspecified atom stereocenters. The number of ether oxygens (including phenoxy) is 1. The van der Waals surface area contributed by atoms with Crippen LogP contribution in [0.25, 0.3) is 11.5 Å². The third-order valence-corrected chi connectivity index (χ3v) is 2.11. The number of rotatable bonds is 3. The lowest BCUT2D eigenvalue weighted by molar-refractivity contribution is 0.0680. The van der Waals surface area contributed by atoms with Crippen molar-refractivity contribution in [1.82, 2.24) is 10.1 Å². The molecule has 0 bridgehead atoms. The number of aromatic carboxylic acids is 1. The van der Waals surface area contributed by atoms with Gasteiger partial charge in [0.05, 0.1) is 12.7 Å². The van der Waals surface area contributed by atoms with Crippen LogP contribution in [0.5, 0.6) is 5.75 Å². The number of nitrogens with two attached hydrogens (primary N) is 1. The number of carbonyl (C=O) groups is 1. The molecule has 0 radical (unpaired) electrons. The molecule has 0 aliphatic heterocycles. The quantitative estimate of drug-likeness (QED) is 0.764. The van der Waals surface area contributed by atoms with E-state index in [1.165, 1.54) is 7.11 Å². The molecule has 0 aliphatic carbocycles. The largest absolute Gasteiger partial charge is 0.497 e. The predicted molar refractivity (Wildman–Crippen MR) is 57.7 cm³/mol. The van der Waals surface area contributed by atoms with Gasteiger partial charge >= 0.3 is 5.97 Å². The number of hydrogen-bond acceptors (Lipinski definition) is 6. The Morgan fingerprint density at radius 3 is 2.82 bits per heavy atom. The van der Waals surface area contributed by atoms with Gasteiger partial charge in [0.1, 0.15) is 5.75 Å². The lowest BCUT2D eigenvalue weighted by Gasteiger charge is -2.03. The summed E-state index contributed by atoms with van der Waals surface area (Å²) in [7, 11) is 1.52. The van der Waals surface area contributed by atoms with Crippen molar-refractivity contribution in [1.29, 1.82) is 0 Å². The fourth-order valence-corrected chi connectivity index (χ4v) is 1.28. The Morgan fingerprint density at radius 2 is 2.29 bits per heavy atom. The highest BCUT2D eigenvalue weighted by Gasteiger charge is 2.16. The molecule has 1 aromatic heterocycles. The summed E-state index contributed by atoms with van der Waals surface area (Å²) in [5.74, 6) is -1.02. The molecule has 0 atom stereocenters. The van der Waals surface area contributed by atoms with Crippen LogP contribution in [-0.4, -0.2) is 28.3 Å². The van der Waals surface area contributed by atoms with E-state index in [1.807, 2.05) is 0 Å². The molecule has 2 rings (SSSR count). The second-order valence-corrected chi connectivity index (χ2v) is 3.18. The molecule has 1 heterocycles. The van der Waals surface area contributed by atoms with Crippen molar-refractivity contribution >= 4 is 11.7 Å². The average Bonchev–Trinajstić information content (AvgIpc) is 2.78. The topological polar surface area (TPSA) is 111 Å². The van der Waals surface area contributed by atoms with Gasteiger partial charge in [0.15, 0.2) is 0 Å². The van der Waals surface area contributed by atoms with Crippen molar-refractivity contribution in [2.24, 2.45) is 0 Å². The van der Waals surface area contributed by atoms with E-state index in [9.17, 15) is 4.79 Å². The second kappa shape index (κ2) is 4.12. The molecule has 0 amide bonds. The number of nitrogens with zero attached hydrogens (tertiary/aromatic N) is 2. The van der Waals surface area contributed by atoms with Crippen LogP contribution in [0.2, 0.25) is 0 Å². The van der Waals surface area contributed by atoms with Crippen molar-refractivity contribution in [3.63, 3.8) is 0 Å². The molecule has 0 saturated carbocycles. The predicted octanol–water partition coefficient (Wildman–Crippen LogP) is 1.03. The number of hydrogen-bond donors (Lipinski definition) is 2. The zero-order valence-corrected chi connectivity index (χ0v) is 8.88. The minimum absolute atomic E-state index is 0.0579. The molecule has 17 heavy (non-hydrogen) atoms. The summed E-state index contributed by atoms with van der Waals surface area (Å²) in [5.41, 5.74) is 6.59. The highest BCUT2D eigenvalue weighted by molar-refractivity contribution is 5.84. The lowest BCUT2D eigenvalue weighted by atomic mass is 10.1. The number of nitrogen functional groups attached to an aromatic ring is 1. The van der Waals surface area contributed by atoms with Crippen LogP contribution in [-0.2, 0) is 0 Å². The Kier molecular flexibility index (Phi) is 2.65. The van der Waals surface area contributed by atoms with Crippen LogP contribution >= 0.6 is 0 Å². The summed E-state index contributed by atoms with van der Waals surface area (Å²) in [6, 6.07) is 4.86. The van der Waals surface area contributed by atoms with E-state index in [1.54, 1.807) is 18.2 Å². The van der Waals surface area contributed by atoms with Crippen LogP contribution in [0.4, 0.5) is 5.69 Å². The first-order chi connectivity index (χ1) is 8.11. The molecule has 88 valence electrons. The van der Waals surface area contributed by atoms with Gasteiger partial charge in [-0.1, -0.05) is 0 Å². The minimum atomic E-state index is -1.26. The first kappa shape index (κ1) is 10.9. The number of methoxy groups -OCH3 is 1. The molecular formula is C10H9N3O4. The van der Waals surface area contributed by atoms with Crippen molar-refractivity contribution in [2.75, 3.05) is 12.8 Å². The third kappa shape index (κ3) is 2.03. The zero-order chi connectivity index (χ0) is 12.4. The van der Waals surface area contributed by atoms with Gasteiger partial charge < -0.3 is 20.1 Å². The molecule has 0 aliphatic rings. The van der Waals surface area contributed by atoms with Gasteiger partial charge in [0.25, 0.3) is 11.7 Å². The first-order valence-corrected chi connectivity index (χ1v) is 4.62. The van der Waals surface area contributed by atoms with Gasteiger partial charge in [-0.05, 0) is 17.3 Å². The number of carboxylic acids is 1. The number of carboxylic acid groups (broad SMARTS) is 1. The summed E-state index contributed by atoms with van der Waals surface area (Å²) >= 11 is 0. The number of aromatic nitrogens is 2. The van der Waals surface area contributed by atoms with E-state index in [2.05, 4.69) is 10.1 Å². The van der Waals surface area contributed by atoms with Crippen LogP contribution in [0.3, 0.4) is 0 Å². The van der Waals surface area contributed by atoms with Crippen LogP contribution in [0, 0.1) is 0 Å². The van der Waals surface area contributed by atoms with Crippen LogP contribution in [0.15, 0.2) is 22.7 Å². The van der Waals surface area contributed by atoms with Crippen LogP contribution < -0.4 is 10.5 Å². The second-order valence-electron chi connectivity index (χ2n) is 3.18. The number of anilines is 1. The Balaban J connectivity index is 2.42. The van der Waals surface area contributed by atoms with Crippen molar-refractivity contribution in [3.05, 3.63) is 24.0 Å². The van der Waals surface area contributed by atoms with Crippen LogP contribution in [0.1, 0.15) is 10.6 Å². The van der Waals surface area contributed by atoms with Gasteiger partial charge in [0.2, 0.25) is 0 Å². The van der Waals surface area contributed by atoms with Gasteiger partial charge in [0, 0.05) is 11.8 Å². The minimum Gasteiger partial charge on any atom is -0.497 e. The van der Waals surface area contributed by atoms with Gasteiger partial charge in [-0.25, -0.2) is 4.79 Å². The normalized spacial score (nSPS) is 10.2. The molecule has 3 N–H and O–H groups in total. The average molecular weight is 235 g/mol. The maximum absolute atomic E-state index is 10.6. The summed E-state index contributed by atoms with van der Waals surface area (Å²) in [6.45, 7) is 0. The third-order valence-electron chi connectivity index (χ3n) is 2.11. The van der Waals surface area contributed by atoms with Gasteiger partial charge in [-0.3, -0.25) is 0 Å². The summed E-state index contributed by atoms with van der Waals surface area (Å²) in [6.07, 6.45) is 0. The summed E-state index contributed by atoms with van der Waals surface area (Å²) in [5, 5.41) is 12.0. The highest BCUT2D eigenvalue weighted by Crippen LogP contribution is 2.27. The first-order valence-electron chi connectivity index (χ1n) is 4.62. The molecule has 7 nitrogen and oxygen atoms in total. The zero-order valence-electron chi connectivity index (χ0n) is 8.88. The van der Waals surface area contributed by atoms with Gasteiger partial charge in [-0.2, -0.15) is 4.98 Å². The maximum Gasteiger partial charge on any atom is 0.377 e. The Hall–Kier alpha value is -2.57. The van der Waals surface area contributed by atoms with E-state index in [0.717, 1.165) is 0 Å². The molecule has 0 spiro atoms. The standard InChI is InChI=1S/C10H9N3O4/c1-16-5-2-3-6(7(11)4-5)9-12-8(10(14)15)13-17-9/h2-4H,11H2,1H3,(H,14,15). The van der Waals surface area contributed by atoms with E-state index in [0.29, 0.717) is 17.0 Å². The molecule has 0 fully saturated rings. The van der Waals surface area contributed by atoms with E-state index in [-0.39, 0.29) is 5.89 Å². The molecule has 0 saturated heterocycles. The Bertz CT molecular complexity index is 564. The SMILES string of the molecule is COc1ccc(-c2nc(C(=O)O)no2)c(N)c1. The molecule has 1 aromatic carbocycles. The van der Waals surface area contributed by atoms with Gasteiger partial charge in [-0.15, -0.1) is 0 Å². The van der Waals surface area contributed by atoms with Crippen molar-refractivity contribution < 1.29 is 19.2 Å². The Morgan fingerprint density at radius 1 is 1.53 bits per heavy atom. The smallest absolute Gasteiger partial charge is 0.377 e. The molecule has 7 heteroatoms. The van der Waals surface area contributed by atoms with E-state index < -0.39 is 11.8 Å². The lowest BCUT2D eigenvalue weighted by Crippen LogP contribution is -1.98. The highest BCUT2D eigenvalue weighted by atomic mass is 16.5. The van der Waals surface area contributed by atoms with E-state index >= 15 is 0 Å². The number of benzene rings is 1. The fraction of sp³-hybridized carbons (Fsp3) is 0.100. The Labute approximate surface area is 95.8 Å². The maximum atomic E-state index is 10.6.